The van der Waals surface area contributed by atoms with Crippen molar-refractivity contribution in [3.05, 3.63) is 188 Å². The summed E-state index contributed by atoms with van der Waals surface area (Å²) in [6, 6.07) is 66.2. The Morgan fingerprint density at radius 1 is 0.365 bits per heavy atom. The van der Waals surface area contributed by atoms with Gasteiger partial charge in [-0.05, 0) is 90.0 Å². The highest BCUT2D eigenvalue weighted by Crippen LogP contribution is 2.38. The van der Waals surface area contributed by atoms with Gasteiger partial charge in [-0.1, -0.05) is 103 Å². The Hall–Kier alpha value is -7.22. The second-order valence-electron chi connectivity index (χ2n) is 13.2. The number of fused-ring (bicyclic) bond motifs is 6. The topological polar surface area (TPSA) is 46.5 Å². The fraction of sp³-hybridized carbons (Fsp3) is 0. The predicted molar refractivity (Wildman–Crippen MR) is 214 cm³/mol. The number of aromatic nitrogens is 3. The standard InChI is InChI=1S/C48H30N4/c49-31-32-11-8-12-35(27-32)43-19-10-20-44(50-43)36-13-9-16-38(28-36)52-46-22-7-5-18-40(46)42-29-33(24-26-47(42)52)34-23-25-41-39-17-4-6-21-45(39)51(48(41)30-34)37-14-2-1-3-15-37/h1-30H. The highest BCUT2D eigenvalue weighted by molar-refractivity contribution is 6.12. The van der Waals surface area contributed by atoms with Crippen LogP contribution in [0.15, 0.2) is 182 Å². The van der Waals surface area contributed by atoms with Crippen LogP contribution < -0.4 is 0 Å². The SMILES string of the molecule is N#Cc1cccc(-c2cccc(-c3cccc(-n4c5ccccc5c5cc(-c6ccc7c8ccccc8n(-c8ccccc8)c7c6)ccc54)c3)n2)c1. The van der Waals surface area contributed by atoms with E-state index >= 15 is 0 Å². The van der Waals surface area contributed by atoms with Gasteiger partial charge in [0.25, 0.3) is 0 Å². The van der Waals surface area contributed by atoms with E-state index in [0.29, 0.717) is 5.56 Å². The van der Waals surface area contributed by atoms with E-state index in [1.807, 2.05) is 42.5 Å². The lowest BCUT2D eigenvalue weighted by atomic mass is 10.0. The van der Waals surface area contributed by atoms with Crippen LogP contribution in [0.2, 0.25) is 0 Å². The molecule has 4 heteroatoms. The molecule has 0 saturated heterocycles. The lowest BCUT2D eigenvalue weighted by Gasteiger charge is -2.11. The van der Waals surface area contributed by atoms with Gasteiger partial charge in [0.1, 0.15) is 0 Å². The minimum absolute atomic E-state index is 0.622. The smallest absolute Gasteiger partial charge is 0.0991 e. The summed E-state index contributed by atoms with van der Waals surface area (Å²) in [5.41, 5.74) is 13.6. The molecule has 0 radical (unpaired) electrons. The number of hydrogen-bond donors (Lipinski definition) is 0. The lowest BCUT2D eigenvalue weighted by molar-refractivity contribution is 1.18. The van der Waals surface area contributed by atoms with E-state index in [2.05, 4.69) is 155 Å². The van der Waals surface area contributed by atoms with Crippen LogP contribution in [-0.4, -0.2) is 14.1 Å². The first-order valence-corrected chi connectivity index (χ1v) is 17.4. The third-order valence-corrected chi connectivity index (χ3v) is 10.1. The maximum atomic E-state index is 9.42. The second kappa shape index (κ2) is 12.0. The van der Waals surface area contributed by atoms with Crippen LogP contribution in [0.3, 0.4) is 0 Å². The van der Waals surface area contributed by atoms with Gasteiger partial charge in [-0.25, -0.2) is 4.98 Å². The van der Waals surface area contributed by atoms with E-state index < -0.39 is 0 Å². The summed E-state index contributed by atoms with van der Waals surface area (Å²) >= 11 is 0. The molecule has 242 valence electrons. The van der Waals surface area contributed by atoms with Crippen LogP contribution in [0.25, 0.3) is 88.6 Å². The summed E-state index contributed by atoms with van der Waals surface area (Å²) in [6.45, 7) is 0. The van der Waals surface area contributed by atoms with Crippen LogP contribution in [0.1, 0.15) is 5.56 Å². The predicted octanol–water partition coefficient (Wildman–Crippen LogP) is 12.1. The fourth-order valence-electron chi connectivity index (χ4n) is 7.74. The van der Waals surface area contributed by atoms with E-state index in [1.165, 1.54) is 43.7 Å². The number of nitrogens with zero attached hydrogens (tertiary/aromatic N) is 4. The highest BCUT2D eigenvalue weighted by atomic mass is 15.0. The number of benzene rings is 7. The summed E-state index contributed by atoms with van der Waals surface area (Å²) < 4.78 is 4.73. The third kappa shape index (κ3) is 4.80. The van der Waals surface area contributed by atoms with Gasteiger partial charge in [0, 0.05) is 44.0 Å². The zero-order valence-electron chi connectivity index (χ0n) is 28.1. The van der Waals surface area contributed by atoms with Crippen molar-refractivity contribution >= 4 is 43.6 Å². The molecule has 0 aliphatic rings. The number of hydrogen-bond acceptors (Lipinski definition) is 2. The van der Waals surface area contributed by atoms with Crippen molar-refractivity contribution in [1.82, 2.24) is 14.1 Å². The zero-order chi connectivity index (χ0) is 34.6. The molecule has 0 atom stereocenters. The van der Waals surface area contributed by atoms with E-state index in [0.717, 1.165) is 44.9 Å². The third-order valence-electron chi connectivity index (χ3n) is 10.1. The van der Waals surface area contributed by atoms with Crippen molar-refractivity contribution in [1.29, 1.82) is 5.26 Å². The minimum Gasteiger partial charge on any atom is -0.309 e. The number of para-hydroxylation sites is 3. The quantitative estimate of drug-likeness (QED) is 0.184. The Bertz CT molecular complexity index is 3030. The van der Waals surface area contributed by atoms with Gasteiger partial charge in [-0.15, -0.1) is 0 Å². The summed E-state index contributed by atoms with van der Waals surface area (Å²) in [5, 5.41) is 14.3. The van der Waals surface area contributed by atoms with Gasteiger partial charge < -0.3 is 9.13 Å². The van der Waals surface area contributed by atoms with Gasteiger partial charge in [-0.2, -0.15) is 5.26 Å². The van der Waals surface area contributed by atoms with E-state index in [-0.39, 0.29) is 0 Å². The molecule has 0 saturated carbocycles. The number of nitriles is 1. The molecule has 4 nitrogen and oxygen atoms in total. The molecule has 3 aromatic heterocycles. The van der Waals surface area contributed by atoms with E-state index in [9.17, 15) is 5.26 Å². The lowest BCUT2D eigenvalue weighted by Crippen LogP contribution is -1.95. The van der Waals surface area contributed by atoms with Gasteiger partial charge >= 0.3 is 0 Å². The Morgan fingerprint density at radius 3 is 1.69 bits per heavy atom. The first-order valence-electron chi connectivity index (χ1n) is 17.4. The zero-order valence-corrected chi connectivity index (χ0v) is 28.1. The normalized spacial score (nSPS) is 11.4. The first kappa shape index (κ1) is 29.7. The highest BCUT2D eigenvalue weighted by Gasteiger charge is 2.16. The monoisotopic (exact) mass is 662 g/mol. The number of pyridine rings is 1. The van der Waals surface area contributed by atoms with Crippen molar-refractivity contribution in [3.63, 3.8) is 0 Å². The molecule has 0 aliphatic heterocycles. The molecular formula is C48H30N4. The summed E-state index contributed by atoms with van der Waals surface area (Å²) in [6.07, 6.45) is 0. The molecule has 10 aromatic rings. The maximum absolute atomic E-state index is 9.42. The Labute approximate surface area is 300 Å². The summed E-state index contributed by atoms with van der Waals surface area (Å²) in [5.74, 6) is 0. The minimum atomic E-state index is 0.622. The van der Waals surface area contributed by atoms with Crippen LogP contribution >= 0.6 is 0 Å². The van der Waals surface area contributed by atoms with Crippen molar-refractivity contribution < 1.29 is 0 Å². The average Bonchev–Trinajstić information content (AvgIpc) is 3.73. The molecule has 3 heterocycles. The molecular weight excluding hydrogens is 633 g/mol. The average molecular weight is 663 g/mol. The fourth-order valence-corrected chi connectivity index (χ4v) is 7.74. The van der Waals surface area contributed by atoms with Crippen molar-refractivity contribution in [3.8, 4) is 51.1 Å². The van der Waals surface area contributed by atoms with Gasteiger partial charge in [-0.3, -0.25) is 0 Å². The molecule has 0 bridgehead atoms. The molecule has 0 N–H and O–H groups in total. The van der Waals surface area contributed by atoms with Crippen LogP contribution in [0.5, 0.6) is 0 Å². The van der Waals surface area contributed by atoms with Crippen molar-refractivity contribution in [2.45, 2.75) is 0 Å². The van der Waals surface area contributed by atoms with Crippen LogP contribution in [-0.2, 0) is 0 Å². The van der Waals surface area contributed by atoms with Crippen molar-refractivity contribution in [2.24, 2.45) is 0 Å². The van der Waals surface area contributed by atoms with Gasteiger partial charge in [0.05, 0.1) is 45.1 Å². The second-order valence-corrected chi connectivity index (χ2v) is 13.2. The van der Waals surface area contributed by atoms with Gasteiger partial charge in [0.15, 0.2) is 0 Å². The molecule has 0 unspecified atom stereocenters. The first-order chi connectivity index (χ1) is 25.7. The molecule has 0 amide bonds. The van der Waals surface area contributed by atoms with Crippen molar-refractivity contribution in [2.75, 3.05) is 0 Å². The molecule has 10 rings (SSSR count). The molecule has 0 spiro atoms. The summed E-state index contributed by atoms with van der Waals surface area (Å²) in [7, 11) is 0. The Balaban J connectivity index is 1.10. The van der Waals surface area contributed by atoms with Gasteiger partial charge in [0.2, 0.25) is 0 Å². The van der Waals surface area contributed by atoms with E-state index in [4.69, 9.17) is 4.98 Å². The number of rotatable bonds is 5. The molecule has 52 heavy (non-hydrogen) atoms. The summed E-state index contributed by atoms with van der Waals surface area (Å²) in [4.78, 5) is 5.02. The van der Waals surface area contributed by atoms with Crippen LogP contribution in [0.4, 0.5) is 0 Å². The Morgan fingerprint density at radius 2 is 0.923 bits per heavy atom. The molecule has 7 aromatic carbocycles. The maximum Gasteiger partial charge on any atom is 0.0991 e. The molecule has 0 aliphatic carbocycles. The largest absolute Gasteiger partial charge is 0.309 e. The van der Waals surface area contributed by atoms with Crippen LogP contribution in [0, 0.1) is 11.3 Å². The Kier molecular flexibility index (Phi) is 6.84. The van der Waals surface area contributed by atoms with E-state index in [1.54, 1.807) is 0 Å². The molecule has 0 fully saturated rings.